The van der Waals surface area contributed by atoms with Crippen molar-refractivity contribution in [2.75, 3.05) is 0 Å². The molecule has 0 amide bonds. The van der Waals surface area contributed by atoms with Crippen molar-refractivity contribution in [2.45, 2.75) is 58.0 Å². The highest BCUT2D eigenvalue weighted by Crippen LogP contribution is 2.45. The van der Waals surface area contributed by atoms with Gasteiger partial charge in [-0.3, -0.25) is 4.57 Å². The Morgan fingerprint density at radius 1 is 1.08 bits per heavy atom. The summed E-state index contributed by atoms with van der Waals surface area (Å²) >= 11 is 0. The summed E-state index contributed by atoms with van der Waals surface area (Å²) in [7, 11) is -3.84. The third-order valence-electron chi connectivity index (χ3n) is 2.26. The van der Waals surface area contributed by atoms with E-state index in [2.05, 4.69) is 0 Å². The van der Waals surface area contributed by atoms with Crippen molar-refractivity contribution in [3.8, 4) is 0 Å². The zero-order chi connectivity index (χ0) is 10.3. The van der Waals surface area contributed by atoms with Gasteiger partial charge in [0.15, 0.2) is 0 Å². The average Bonchev–Trinajstić information content (AvgIpc) is 2.02. The van der Waals surface area contributed by atoms with Gasteiger partial charge in [-0.1, -0.05) is 39.5 Å². The molecule has 0 bridgehead atoms. The molecule has 3 nitrogen and oxygen atoms in total. The minimum atomic E-state index is -3.84. The Labute approximate surface area is 80.7 Å². The fourth-order valence-electron chi connectivity index (χ4n) is 1.36. The first-order valence-electron chi connectivity index (χ1n) is 5.07. The Morgan fingerprint density at radius 2 is 1.46 bits per heavy atom. The van der Waals surface area contributed by atoms with Gasteiger partial charge in [0.25, 0.3) is 0 Å². The Hall–Kier alpha value is 0.150. The first kappa shape index (κ1) is 13.2. The van der Waals surface area contributed by atoms with Crippen LogP contribution in [0.3, 0.4) is 0 Å². The Kier molecular flexibility index (Phi) is 6.66. The molecule has 2 N–H and O–H groups in total. The molecule has 0 aliphatic heterocycles. The third kappa shape index (κ3) is 6.25. The molecule has 0 atom stereocenters. The highest BCUT2D eigenvalue weighted by molar-refractivity contribution is 7.52. The molecule has 0 radical (unpaired) electrons. The fraction of sp³-hybridized carbons (Fsp3) is 1.00. The van der Waals surface area contributed by atoms with Gasteiger partial charge in [-0.15, -0.1) is 0 Å². The molecule has 0 saturated heterocycles. The van der Waals surface area contributed by atoms with E-state index >= 15 is 0 Å². The minimum Gasteiger partial charge on any atom is -0.324 e. The van der Waals surface area contributed by atoms with E-state index in [1.54, 1.807) is 0 Å². The van der Waals surface area contributed by atoms with Crippen molar-refractivity contribution < 1.29 is 14.4 Å². The minimum absolute atomic E-state index is 0.396. The number of unbranched alkanes of at least 4 members (excludes halogenated alkanes) is 2. The molecule has 0 rings (SSSR count). The van der Waals surface area contributed by atoms with Crippen LogP contribution in [0.4, 0.5) is 0 Å². The predicted molar refractivity (Wildman–Crippen MR) is 54.9 cm³/mol. The van der Waals surface area contributed by atoms with Crippen LogP contribution in [0, 0.1) is 0 Å². The van der Waals surface area contributed by atoms with Crippen LogP contribution in [0.1, 0.15) is 52.4 Å². The average molecular weight is 208 g/mol. The molecule has 0 aliphatic rings. The van der Waals surface area contributed by atoms with Crippen molar-refractivity contribution in [1.29, 1.82) is 0 Å². The molecule has 0 heterocycles. The zero-order valence-electron chi connectivity index (χ0n) is 8.57. The second-order valence-corrected chi connectivity index (χ2v) is 5.44. The smallest absolute Gasteiger partial charge is 0.324 e. The van der Waals surface area contributed by atoms with Crippen LogP contribution in [-0.4, -0.2) is 15.4 Å². The van der Waals surface area contributed by atoms with E-state index in [9.17, 15) is 4.57 Å². The van der Waals surface area contributed by atoms with Gasteiger partial charge in [-0.05, 0) is 12.8 Å². The monoisotopic (exact) mass is 208 g/mol. The molecule has 0 aromatic carbocycles. The van der Waals surface area contributed by atoms with Crippen molar-refractivity contribution >= 4 is 7.60 Å². The highest BCUT2D eigenvalue weighted by Gasteiger charge is 2.26. The molecule has 0 aliphatic carbocycles. The largest absolute Gasteiger partial charge is 0.328 e. The fourth-order valence-corrected chi connectivity index (χ4v) is 2.40. The zero-order valence-corrected chi connectivity index (χ0v) is 9.46. The number of hydrogen-bond acceptors (Lipinski definition) is 1. The van der Waals surface area contributed by atoms with Crippen LogP contribution in [0.2, 0.25) is 0 Å². The SMILES string of the molecule is CCCCC(CCCC)P(=O)(O)O. The summed E-state index contributed by atoms with van der Waals surface area (Å²) in [6, 6.07) is 0. The molecule has 0 spiro atoms. The topological polar surface area (TPSA) is 57.5 Å². The van der Waals surface area contributed by atoms with Crippen molar-refractivity contribution in [1.82, 2.24) is 0 Å². The summed E-state index contributed by atoms with van der Waals surface area (Å²) in [6.07, 6.45) is 5.17. The summed E-state index contributed by atoms with van der Waals surface area (Å²) in [5.74, 6) is 0. The van der Waals surface area contributed by atoms with Gasteiger partial charge in [0.2, 0.25) is 0 Å². The molecule has 80 valence electrons. The Balaban J connectivity index is 3.96. The summed E-state index contributed by atoms with van der Waals surface area (Å²) in [5, 5.41) is 0. The molecule has 0 saturated carbocycles. The lowest BCUT2D eigenvalue weighted by molar-refractivity contribution is 0.347. The first-order valence-corrected chi connectivity index (χ1v) is 6.75. The van der Waals surface area contributed by atoms with Crippen LogP contribution in [-0.2, 0) is 4.57 Å². The van der Waals surface area contributed by atoms with Crippen molar-refractivity contribution in [3.63, 3.8) is 0 Å². The van der Waals surface area contributed by atoms with E-state index in [-0.39, 0.29) is 0 Å². The maximum atomic E-state index is 11.0. The number of hydrogen-bond donors (Lipinski definition) is 2. The Morgan fingerprint density at radius 3 is 1.69 bits per heavy atom. The van der Waals surface area contributed by atoms with Gasteiger partial charge in [-0.25, -0.2) is 0 Å². The van der Waals surface area contributed by atoms with Crippen LogP contribution < -0.4 is 0 Å². The van der Waals surface area contributed by atoms with Crippen LogP contribution in [0.15, 0.2) is 0 Å². The maximum absolute atomic E-state index is 11.0. The quantitative estimate of drug-likeness (QED) is 0.632. The van der Waals surface area contributed by atoms with E-state index in [0.717, 1.165) is 25.7 Å². The third-order valence-corrected chi connectivity index (χ3v) is 3.73. The molecule has 0 aromatic rings. The van der Waals surface area contributed by atoms with Gasteiger partial charge in [0.05, 0.1) is 5.66 Å². The standard InChI is InChI=1S/C9H21O3P/c1-3-5-7-9(8-6-4-2)13(10,11)12/h9H,3-8H2,1-2H3,(H2,10,11,12). The number of rotatable bonds is 7. The second kappa shape index (κ2) is 6.58. The normalized spacial score (nSPS) is 12.4. The summed E-state index contributed by atoms with van der Waals surface area (Å²) in [5.41, 5.74) is -0.396. The highest BCUT2D eigenvalue weighted by atomic mass is 31.2. The van der Waals surface area contributed by atoms with Crippen LogP contribution in [0.25, 0.3) is 0 Å². The first-order chi connectivity index (χ1) is 6.02. The maximum Gasteiger partial charge on any atom is 0.328 e. The molecular weight excluding hydrogens is 187 g/mol. The van der Waals surface area contributed by atoms with E-state index in [0.29, 0.717) is 12.8 Å². The van der Waals surface area contributed by atoms with E-state index < -0.39 is 13.3 Å². The lowest BCUT2D eigenvalue weighted by atomic mass is 10.1. The van der Waals surface area contributed by atoms with E-state index in [1.807, 2.05) is 13.8 Å². The van der Waals surface area contributed by atoms with Crippen molar-refractivity contribution in [3.05, 3.63) is 0 Å². The van der Waals surface area contributed by atoms with E-state index in [1.165, 1.54) is 0 Å². The van der Waals surface area contributed by atoms with Gasteiger partial charge < -0.3 is 9.79 Å². The van der Waals surface area contributed by atoms with Crippen molar-refractivity contribution in [2.24, 2.45) is 0 Å². The molecule has 0 unspecified atom stereocenters. The second-order valence-electron chi connectivity index (χ2n) is 3.53. The van der Waals surface area contributed by atoms with E-state index in [4.69, 9.17) is 9.79 Å². The van der Waals surface area contributed by atoms with Gasteiger partial charge in [0.1, 0.15) is 0 Å². The lowest BCUT2D eigenvalue weighted by Gasteiger charge is -2.17. The molecular formula is C9H21O3P. The molecule has 0 fully saturated rings. The lowest BCUT2D eigenvalue weighted by Crippen LogP contribution is -2.08. The molecule has 0 aromatic heterocycles. The molecule has 4 heteroatoms. The van der Waals surface area contributed by atoms with Gasteiger partial charge in [-0.2, -0.15) is 0 Å². The van der Waals surface area contributed by atoms with Gasteiger partial charge in [0, 0.05) is 0 Å². The molecule has 13 heavy (non-hydrogen) atoms. The van der Waals surface area contributed by atoms with Gasteiger partial charge >= 0.3 is 7.60 Å². The Bertz CT molecular complexity index is 156. The summed E-state index contributed by atoms with van der Waals surface area (Å²) in [4.78, 5) is 18.1. The van der Waals surface area contributed by atoms with Crippen LogP contribution in [0.5, 0.6) is 0 Å². The van der Waals surface area contributed by atoms with Crippen LogP contribution >= 0.6 is 7.60 Å². The summed E-state index contributed by atoms with van der Waals surface area (Å²) in [6.45, 7) is 4.08. The predicted octanol–water partition coefficient (Wildman–Crippen LogP) is 2.91. The summed E-state index contributed by atoms with van der Waals surface area (Å²) < 4.78 is 11.0.